The molecule has 0 aliphatic rings. The fourth-order valence-corrected chi connectivity index (χ4v) is 2.76. The van der Waals surface area contributed by atoms with Gasteiger partial charge >= 0.3 is 0 Å². The molecule has 0 saturated carbocycles. The zero-order valence-electron chi connectivity index (χ0n) is 14.2. The molecule has 1 rings (SSSR count). The molecule has 0 aromatic heterocycles. The summed E-state index contributed by atoms with van der Waals surface area (Å²) in [5, 5.41) is 3.70. The molecule has 21 heavy (non-hydrogen) atoms. The smallest absolute Gasteiger partial charge is 0.122 e. The van der Waals surface area contributed by atoms with Gasteiger partial charge in [-0.3, -0.25) is 0 Å². The van der Waals surface area contributed by atoms with Crippen molar-refractivity contribution in [3.63, 3.8) is 0 Å². The van der Waals surface area contributed by atoms with Gasteiger partial charge in [0.1, 0.15) is 5.75 Å². The molecule has 0 radical (unpaired) electrons. The lowest BCUT2D eigenvalue weighted by Gasteiger charge is -2.20. The van der Waals surface area contributed by atoms with E-state index in [2.05, 4.69) is 37.4 Å². The molecule has 0 spiro atoms. The largest absolute Gasteiger partial charge is 0.496 e. The van der Waals surface area contributed by atoms with Crippen LogP contribution >= 0.6 is 0 Å². The zero-order valence-corrected chi connectivity index (χ0v) is 14.2. The molecule has 0 aliphatic carbocycles. The number of methoxy groups -OCH3 is 1. The number of benzene rings is 1. The second-order valence-corrected chi connectivity index (χ2v) is 5.87. The summed E-state index contributed by atoms with van der Waals surface area (Å²) in [5.41, 5.74) is 1.32. The molecule has 2 heteroatoms. The van der Waals surface area contributed by atoms with Crippen molar-refractivity contribution in [1.82, 2.24) is 5.32 Å². The van der Waals surface area contributed by atoms with Crippen LogP contribution in [-0.4, -0.2) is 19.7 Å². The van der Waals surface area contributed by atoms with Crippen LogP contribution < -0.4 is 10.1 Å². The molecular weight excluding hydrogens is 258 g/mol. The maximum absolute atomic E-state index is 5.48. The monoisotopic (exact) mass is 291 g/mol. The van der Waals surface area contributed by atoms with Crippen LogP contribution in [0.1, 0.15) is 64.4 Å². The van der Waals surface area contributed by atoms with Gasteiger partial charge in [-0.1, -0.05) is 64.2 Å². The summed E-state index contributed by atoms with van der Waals surface area (Å²) in [6.45, 7) is 5.61. The Morgan fingerprint density at radius 1 is 1.00 bits per heavy atom. The average Bonchev–Trinajstić information content (AvgIpc) is 2.52. The maximum Gasteiger partial charge on any atom is 0.122 e. The molecule has 1 N–H and O–H groups in total. The van der Waals surface area contributed by atoms with Crippen LogP contribution in [0.2, 0.25) is 0 Å². The Bertz CT molecular complexity index is 364. The van der Waals surface area contributed by atoms with Crippen LogP contribution in [0.3, 0.4) is 0 Å². The van der Waals surface area contributed by atoms with Gasteiger partial charge in [0.15, 0.2) is 0 Å². The van der Waals surface area contributed by atoms with E-state index in [0.29, 0.717) is 6.04 Å². The van der Waals surface area contributed by atoms with Gasteiger partial charge < -0.3 is 10.1 Å². The van der Waals surface area contributed by atoms with Gasteiger partial charge in [0.05, 0.1) is 7.11 Å². The summed E-state index contributed by atoms with van der Waals surface area (Å²) in [6.07, 6.45) is 10.3. The molecule has 0 aliphatic heterocycles. The third-order valence-corrected chi connectivity index (χ3v) is 4.00. The van der Waals surface area contributed by atoms with Gasteiger partial charge in [-0.15, -0.1) is 0 Å². The lowest BCUT2D eigenvalue weighted by molar-refractivity contribution is 0.399. The fourth-order valence-electron chi connectivity index (χ4n) is 2.76. The Morgan fingerprint density at radius 2 is 1.76 bits per heavy atom. The topological polar surface area (TPSA) is 21.3 Å². The zero-order chi connectivity index (χ0) is 15.3. The minimum atomic E-state index is 0.572. The summed E-state index contributed by atoms with van der Waals surface area (Å²) in [7, 11) is 1.76. The second-order valence-electron chi connectivity index (χ2n) is 5.87. The van der Waals surface area contributed by atoms with Gasteiger partial charge in [-0.2, -0.15) is 0 Å². The molecule has 1 aromatic carbocycles. The minimum absolute atomic E-state index is 0.572. The Labute approximate surface area is 131 Å². The van der Waals surface area contributed by atoms with Crippen LogP contribution in [0.5, 0.6) is 5.75 Å². The standard InChI is InChI=1S/C19H33NO/c1-4-6-7-8-9-13-18(20-15-5-2)16-17-12-10-11-14-19(17)21-3/h10-12,14,18,20H,4-9,13,15-16H2,1-3H3. The highest BCUT2D eigenvalue weighted by Gasteiger charge is 2.11. The summed E-state index contributed by atoms with van der Waals surface area (Å²) in [4.78, 5) is 0. The first-order valence-corrected chi connectivity index (χ1v) is 8.67. The quantitative estimate of drug-likeness (QED) is 0.549. The number of unbranched alkanes of at least 4 members (excludes halogenated alkanes) is 4. The van der Waals surface area contributed by atoms with E-state index in [0.717, 1.165) is 18.7 Å². The first kappa shape index (κ1) is 18.0. The van der Waals surface area contributed by atoms with Gasteiger partial charge in [-0.05, 0) is 37.4 Å². The van der Waals surface area contributed by atoms with E-state index >= 15 is 0 Å². The van der Waals surface area contributed by atoms with Crippen molar-refractivity contribution in [2.75, 3.05) is 13.7 Å². The highest BCUT2D eigenvalue weighted by atomic mass is 16.5. The third kappa shape index (κ3) is 7.52. The molecule has 0 saturated heterocycles. The van der Waals surface area contributed by atoms with Gasteiger partial charge in [0, 0.05) is 6.04 Å². The van der Waals surface area contributed by atoms with E-state index < -0.39 is 0 Å². The van der Waals surface area contributed by atoms with E-state index in [1.807, 2.05) is 6.07 Å². The lowest BCUT2D eigenvalue weighted by atomic mass is 9.99. The number of hydrogen-bond acceptors (Lipinski definition) is 2. The lowest BCUT2D eigenvalue weighted by Crippen LogP contribution is -2.31. The Hall–Kier alpha value is -1.02. The third-order valence-electron chi connectivity index (χ3n) is 4.00. The van der Waals surface area contributed by atoms with E-state index in [9.17, 15) is 0 Å². The summed E-state index contributed by atoms with van der Waals surface area (Å²) >= 11 is 0. The van der Waals surface area contributed by atoms with Crippen molar-refractivity contribution in [3.8, 4) is 5.75 Å². The number of hydrogen-bond donors (Lipinski definition) is 1. The second kappa shape index (κ2) is 11.6. The molecule has 0 heterocycles. The van der Waals surface area contributed by atoms with Gasteiger partial charge in [-0.25, -0.2) is 0 Å². The first-order chi connectivity index (χ1) is 10.3. The Balaban J connectivity index is 2.48. The van der Waals surface area contributed by atoms with Crippen LogP contribution in [0.25, 0.3) is 0 Å². The van der Waals surface area contributed by atoms with Crippen molar-refractivity contribution < 1.29 is 4.74 Å². The molecule has 120 valence electrons. The van der Waals surface area contributed by atoms with Crippen molar-refractivity contribution in [2.24, 2.45) is 0 Å². The molecule has 1 atom stereocenters. The summed E-state index contributed by atoms with van der Waals surface area (Å²) < 4.78 is 5.48. The molecule has 0 bridgehead atoms. The molecule has 0 fully saturated rings. The molecule has 1 aromatic rings. The molecule has 1 unspecified atom stereocenters. The average molecular weight is 291 g/mol. The number of nitrogens with one attached hydrogen (secondary N) is 1. The predicted octanol–water partition coefficient (Wildman–Crippen LogP) is 4.97. The predicted molar refractivity (Wildman–Crippen MR) is 92.2 cm³/mol. The van der Waals surface area contributed by atoms with Crippen LogP contribution in [-0.2, 0) is 6.42 Å². The fraction of sp³-hybridized carbons (Fsp3) is 0.684. The first-order valence-electron chi connectivity index (χ1n) is 8.67. The van der Waals surface area contributed by atoms with E-state index in [4.69, 9.17) is 4.74 Å². The van der Waals surface area contributed by atoms with E-state index in [1.54, 1.807) is 7.11 Å². The Morgan fingerprint density at radius 3 is 2.48 bits per heavy atom. The van der Waals surface area contributed by atoms with Crippen molar-refractivity contribution in [3.05, 3.63) is 29.8 Å². The van der Waals surface area contributed by atoms with Gasteiger partial charge in [0.25, 0.3) is 0 Å². The number of para-hydroxylation sites is 1. The molecule has 0 amide bonds. The van der Waals surface area contributed by atoms with Crippen molar-refractivity contribution in [1.29, 1.82) is 0 Å². The van der Waals surface area contributed by atoms with Crippen LogP contribution in [0.15, 0.2) is 24.3 Å². The number of rotatable bonds is 12. The molecular formula is C19H33NO. The minimum Gasteiger partial charge on any atom is -0.496 e. The maximum atomic E-state index is 5.48. The normalized spacial score (nSPS) is 12.3. The van der Waals surface area contributed by atoms with E-state index in [1.165, 1.54) is 50.5 Å². The highest BCUT2D eigenvalue weighted by Crippen LogP contribution is 2.20. The number of ether oxygens (including phenoxy) is 1. The summed E-state index contributed by atoms with van der Waals surface area (Å²) in [6, 6.07) is 8.98. The van der Waals surface area contributed by atoms with Crippen molar-refractivity contribution in [2.45, 2.75) is 71.3 Å². The highest BCUT2D eigenvalue weighted by molar-refractivity contribution is 5.33. The van der Waals surface area contributed by atoms with Gasteiger partial charge in [0.2, 0.25) is 0 Å². The van der Waals surface area contributed by atoms with Crippen molar-refractivity contribution >= 4 is 0 Å². The van der Waals surface area contributed by atoms with Crippen LogP contribution in [0, 0.1) is 0 Å². The van der Waals surface area contributed by atoms with E-state index in [-0.39, 0.29) is 0 Å². The Kier molecular flexibility index (Phi) is 9.98. The van der Waals surface area contributed by atoms with Crippen LogP contribution in [0.4, 0.5) is 0 Å². The summed E-state index contributed by atoms with van der Waals surface area (Å²) in [5.74, 6) is 1.02. The SMILES string of the molecule is CCCCCCCC(Cc1ccccc1OC)NCCC. The molecule has 2 nitrogen and oxygen atoms in total.